The number of likely N-dealkylation sites (tertiary alicyclic amines) is 1. The second kappa shape index (κ2) is 7.76. The van der Waals surface area contributed by atoms with Crippen LogP contribution in [0.1, 0.15) is 38.2 Å². The van der Waals surface area contributed by atoms with E-state index in [0.717, 1.165) is 19.5 Å². The number of nitro benzene ring substituents is 1. The van der Waals surface area contributed by atoms with Gasteiger partial charge in [-0.3, -0.25) is 10.1 Å². The average Bonchev–Trinajstić information content (AvgIpc) is 2.52. The molecular weight excluding hydrogens is 282 g/mol. The Labute approximate surface area is 130 Å². The molecule has 1 unspecified atom stereocenters. The summed E-state index contributed by atoms with van der Waals surface area (Å²) in [5.41, 5.74) is 0.274. The quantitative estimate of drug-likeness (QED) is 0.458. The van der Waals surface area contributed by atoms with Crippen molar-refractivity contribution in [3.05, 3.63) is 33.9 Å². The molecule has 0 radical (unpaired) electrons. The van der Waals surface area contributed by atoms with E-state index < -0.39 is 4.92 Å². The molecule has 0 spiro atoms. The second-order valence-corrected chi connectivity index (χ2v) is 5.63. The van der Waals surface area contributed by atoms with Gasteiger partial charge in [-0.2, -0.15) is 5.26 Å². The molecule has 1 aromatic rings. The molecule has 0 bridgehead atoms. The maximum atomic E-state index is 10.8. The predicted molar refractivity (Wildman–Crippen MR) is 82.8 cm³/mol. The summed E-state index contributed by atoms with van der Waals surface area (Å²) in [6.07, 6.45) is 4.63. The van der Waals surface area contributed by atoms with Crippen LogP contribution in [0, 0.1) is 21.4 Å². The summed E-state index contributed by atoms with van der Waals surface area (Å²) < 4.78 is 5.59. The van der Waals surface area contributed by atoms with Crippen molar-refractivity contribution in [1.29, 1.82) is 5.26 Å². The molecule has 1 heterocycles. The van der Waals surface area contributed by atoms with Crippen LogP contribution in [-0.4, -0.2) is 35.6 Å². The van der Waals surface area contributed by atoms with Crippen LogP contribution in [0.15, 0.2) is 18.2 Å². The summed E-state index contributed by atoms with van der Waals surface area (Å²) in [7, 11) is 0. The van der Waals surface area contributed by atoms with E-state index in [0.29, 0.717) is 24.0 Å². The second-order valence-electron chi connectivity index (χ2n) is 5.63. The van der Waals surface area contributed by atoms with Gasteiger partial charge in [0.05, 0.1) is 23.2 Å². The molecule has 6 heteroatoms. The van der Waals surface area contributed by atoms with E-state index in [1.165, 1.54) is 37.5 Å². The lowest BCUT2D eigenvalue weighted by Crippen LogP contribution is -2.38. The van der Waals surface area contributed by atoms with Crippen LogP contribution in [0.25, 0.3) is 0 Å². The van der Waals surface area contributed by atoms with Crippen LogP contribution < -0.4 is 4.74 Å². The van der Waals surface area contributed by atoms with Crippen molar-refractivity contribution >= 4 is 5.69 Å². The SMILES string of the molecule is CC1CCCCN1CCCOc1cc([N+](=O)[O-])ccc1C#N. The van der Waals surface area contributed by atoms with Crippen LogP contribution in [0.3, 0.4) is 0 Å². The van der Waals surface area contributed by atoms with Crippen molar-refractivity contribution < 1.29 is 9.66 Å². The molecule has 0 aliphatic carbocycles. The number of ether oxygens (including phenoxy) is 1. The standard InChI is InChI=1S/C16H21N3O3/c1-13-5-2-3-8-18(13)9-4-10-22-16-11-15(19(20)21)7-6-14(16)12-17/h6-7,11,13H,2-5,8-10H2,1H3. The topological polar surface area (TPSA) is 79.4 Å². The molecule has 1 saturated heterocycles. The molecule has 0 N–H and O–H groups in total. The van der Waals surface area contributed by atoms with Crippen molar-refractivity contribution in [2.45, 2.75) is 38.6 Å². The molecule has 1 fully saturated rings. The van der Waals surface area contributed by atoms with Gasteiger partial charge in [0.2, 0.25) is 0 Å². The molecule has 22 heavy (non-hydrogen) atoms. The largest absolute Gasteiger partial charge is 0.492 e. The number of hydrogen-bond donors (Lipinski definition) is 0. The van der Waals surface area contributed by atoms with Gasteiger partial charge in [-0.05, 0) is 38.8 Å². The van der Waals surface area contributed by atoms with Crippen LogP contribution in [0.4, 0.5) is 5.69 Å². The third-order valence-electron chi connectivity index (χ3n) is 4.08. The first-order valence-corrected chi connectivity index (χ1v) is 7.67. The Hall–Kier alpha value is -2.13. The number of rotatable bonds is 6. The van der Waals surface area contributed by atoms with Crippen LogP contribution in [0.2, 0.25) is 0 Å². The van der Waals surface area contributed by atoms with Gasteiger partial charge in [0, 0.05) is 18.7 Å². The fourth-order valence-electron chi connectivity index (χ4n) is 2.78. The van der Waals surface area contributed by atoms with Crippen molar-refractivity contribution in [3.8, 4) is 11.8 Å². The molecule has 118 valence electrons. The zero-order valence-electron chi connectivity index (χ0n) is 12.8. The molecule has 1 aliphatic rings. The Morgan fingerprint density at radius 2 is 2.32 bits per heavy atom. The fraction of sp³-hybridized carbons (Fsp3) is 0.562. The summed E-state index contributed by atoms with van der Waals surface area (Å²) in [6.45, 7) is 4.78. The molecule has 1 aliphatic heterocycles. The summed E-state index contributed by atoms with van der Waals surface area (Å²) in [5.74, 6) is 0.295. The van der Waals surface area contributed by atoms with E-state index in [4.69, 9.17) is 10.00 Å². The third kappa shape index (κ3) is 4.18. The van der Waals surface area contributed by atoms with Gasteiger partial charge in [-0.1, -0.05) is 6.42 Å². The molecule has 6 nitrogen and oxygen atoms in total. The summed E-state index contributed by atoms with van der Waals surface area (Å²) >= 11 is 0. The van der Waals surface area contributed by atoms with E-state index in [1.54, 1.807) is 0 Å². The average molecular weight is 303 g/mol. The number of non-ortho nitro benzene ring substituents is 1. The van der Waals surface area contributed by atoms with Crippen molar-refractivity contribution in [2.24, 2.45) is 0 Å². The maximum Gasteiger partial charge on any atom is 0.273 e. The minimum Gasteiger partial charge on any atom is -0.492 e. The number of nitro groups is 1. The van der Waals surface area contributed by atoms with Crippen molar-refractivity contribution in [3.63, 3.8) is 0 Å². The number of hydrogen-bond acceptors (Lipinski definition) is 5. The first-order valence-electron chi connectivity index (χ1n) is 7.67. The summed E-state index contributed by atoms with van der Waals surface area (Å²) in [6, 6.07) is 6.69. The Bertz CT molecular complexity index is 568. The lowest BCUT2D eigenvalue weighted by atomic mass is 10.0. The van der Waals surface area contributed by atoms with Crippen LogP contribution in [-0.2, 0) is 0 Å². The van der Waals surface area contributed by atoms with Crippen molar-refractivity contribution in [2.75, 3.05) is 19.7 Å². The van der Waals surface area contributed by atoms with E-state index >= 15 is 0 Å². The van der Waals surface area contributed by atoms with Gasteiger partial charge in [-0.25, -0.2) is 0 Å². The smallest absolute Gasteiger partial charge is 0.273 e. The van der Waals surface area contributed by atoms with Gasteiger partial charge < -0.3 is 9.64 Å². The van der Waals surface area contributed by atoms with Crippen LogP contribution in [0.5, 0.6) is 5.75 Å². The number of nitrogens with zero attached hydrogens (tertiary/aromatic N) is 3. The highest BCUT2D eigenvalue weighted by Gasteiger charge is 2.17. The predicted octanol–water partition coefficient (Wildman–Crippen LogP) is 3.11. The lowest BCUT2D eigenvalue weighted by Gasteiger charge is -2.33. The number of piperidine rings is 1. The molecule has 0 amide bonds. The Balaban J connectivity index is 1.87. The highest BCUT2D eigenvalue weighted by atomic mass is 16.6. The van der Waals surface area contributed by atoms with E-state index in [1.807, 2.05) is 6.07 Å². The summed E-state index contributed by atoms with van der Waals surface area (Å²) in [5, 5.41) is 19.8. The Morgan fingerprint density at radius 1 is 1.50 bits per heavy atom. The third-order valence-corrected chi connectivity index (χ3v) is 4.08. The van der Waals surface area contributed by atoms with Crippen LogP contribution >= 0.6 is 0 Å². The highest BCUT2D eigenvalue weighted by Crippen LogP contribution is 2.24. The van der Waals surface area contributed by atoms with E-state index in [9.17, 15) is 10.1 Å². The van der Waals surface area contributed by atoms with Gasteiger partial charge in [0.15, 0.2) is 0 Å². The molecule has 1 aromatic carbocycles. The van der Waals surface area contributed by atoms with E-state index in [-0.39, 0.29) is 5.69 Å². The normalized spacial score (nSPS) is 18.6. The molecule has 2 rings (SSSR count). The van der Waals surface area contributed by atoms with Gasteiger partial charge >= 0.3 is 0 Å². The minimum atomic E-state index is -0.483. The number of benzene rings is 1. The zero-order chi connectivity index (χ0) is 15.9. The first kappa shape index (κ1) is 16.2. The van der Waals surface area contributed by atoms with Gasteiger partial charge in [0.1, 0.15) is 11.8 Å². The monoisotopic (exact) mass is 303 g/mol. The lowest BCUT2D eigenvalue weighted by molar-refractivity contribution is -0.384. The minimum absolute atomic E-state index is 0.0568. The Morgan fingerprint density at radius 3 is 3.00 bits per heavy atom. The zero-order valence-corrected chi connectivity index (χ0v) is 12.8. The molecular formula is C16H21N3O3. The number of nitriles is 1. The maximum absolute atomic E-state index is 10.8. The molecule has 1 atom stereocenters. The summed E-state index contributed by atoms with van der Waals surface area (Å²) in [4.78, 5) is 12.8. The van der Waals surface area contributed by atoms with Gasteiger partial charge in [-0.15, -0.1) is 0 Å². The molecule has 0 saturated carbocycles. The van der Waals surface area contributed by atoms with E-state index in [2.05, 4.69) is 11.8 Å². The first-order chi connectivity index (χ1) is 10.6. The molecule has 0 aromatic heterocycles. The van der Waals surface area contributed by atoms with Crippen molar-refractivity contribution in [1.82, 2.24) is 4.90 Å². The highest BCUT2D eigenvalue weighted by molar-refractivity contribution is 5.49. The fourth-order valence-corrected chi connectivity index (χ4v) is 2.78. The van der Waals surface area contributed by atoms with Gasteiger partial charge in [0.25, 0.3) is 5.69 Å². The Kier molecular flexibility index (Phi) is 5.73.